The van der Waals surface area contributed by atoms with Gasteiger partial charge in [-0.05, 0) is 35.7 Å². The van der Waals surface area contributed by atoms with Crippen molar-refractivity contribution in [3.63, 3.8) is 0 Å². The second-order valence-corrected chi connectivity index (χ2v) is 10.1. The molecule has 0 atom stereocenters. The minimum Gasteiger partial charge on any atom is -0.486 e. The van der Waals surface area contributed by atoms with E-state index in [4.69, 9.17) is 25.6 Å². The van der Waals surface area contributed by atoms with Crippen LogP contribution in [0, 0.1) is 0 Å². The van der Waals surface area contributed by atoms with Gasteiger partial charge in [-0.15, -0.1) is 11.3 Å². The van der Waals surface area contributed by atoms with Gasteiger partial charge in [0.05, 0.1) is 5.69 Å². The summed E-state index contributed by atoms with van der Waals surface area (Å²) in [4.78, 5) is 4.81. The maximum Gasteiger partial charge on any atom is 0.269 e. The first-order chi connectivity index (χ1) is 15.4. The molecule has 0 N–H and O–H groups in total. The van der Waals surface area contributed by atoms with Gasteiger partial charge in [-0.25, -0.2) is 8.42 Å². The van der Waals surface area contributed by atoms with Gasteiger partial charge >= 0.3 is 0 Å². The third-order valence-corrected chi connectivity index (χ3v) is 7.95. The number of thiophene rings is 1. The van der Waals surface area contributed by atoms with Gasteiger partial charge in [-0.1, -0.05) is 28.9 Å². The quantitative estimate of drug-likeness (QED) is 0.400. The Balaban J connectivity index is 1.49. The first kappa shape index (κ1) is 20.8. The van der Waals surface area contributed by atoms with Gasteiger partial charge < -0.3 is 14.0 Å². The van der Waals surface area contributed by atoms with E-state index in [0.717, 1.165) is 0 Å². The normalized spacial score (nSPS) is 13.2. The van der Waals surface area contributed by atoms with Crippen LogP contribution in [0.5, 0.6) is 11.5 Å². The molecule has 2 aromatic carbocycles. The largest absolute Gasteiger partial charge is 0.486 e. The number of aromatic nitrogens is 2. The fourth-order valence-corrected chi connectivity index (χ4v) is 5.92. The summed E-state index contributed by atoms with van der Waals surface area (Å²) in [5.41, 5.74) is 1.11. The van der Waals surface area contributed by atoms with Crippen molar-refractivity contribution in [3.8, 4) is 33.7 Å². The molecule has 0 radical (unpaired) electrons. The molecular formula is C21H16ClN3O5S2. The highest BCUT2D eigenvalue weighted by atomic mass is 35.5. The third-order valence-electron chi connectivity index (χ3n) is 4.86. The standard InChI is InChI=1S/C21H16ClN3O5S2/c1-25(15-5-6-16-17(12-15)29-9-8-28-16)32(26,27)18-7-10-31-19(18)21-23-20(24-30-21)13-3-2-4-14(22)11-13/h2-7,10-12H,8-9H2,1H3. The zero-order valence-electron chi connectivity index (χ0n) is 16.7. The predicted octanol–water partition coefficient (Wildman–Crippen LogP) is 4.71. The lowest BCUT2D eigenvalue weighted by Crippen LogP contribution is -2.27. The SMILES string of the molecule is CN(c1ccc2c(c1)OCCO2)S(=O)(=O)c1ccsc1-c1nc(-c2cccc(Cl)c2)no1. The van der Waals surface area contributed by atoms with Crippen LogP contribution in [-0.2, 0) is 10.0 Å². The van der Waals surface area contributed by atoms with Crippen LogP contribution < -0.4 is 13.8 Å². The molecule has 0 bridgehead atoms. The van der Waals surface area contributed by atoms with Crippen LogP contribution in [-0.4, -0.2) is 38.8 Å². The highest BCUT2D eigenvalue weighted by Gasteiger charge is 2.29. The van der Waals surface area contributed by atoms with Crippen LogP contribution in [0.25, 0.3) is 22.2 Å². The number of benzene rings is 2. The predicted molar refractivity (Wildman–Crippen MR) is 121 cm³/mol. The summed E-state index contributed by atoms with van der Waals surface area (Å²) < 4.78 is 44.5. The van der Waals surface area contributed by atoms with Crippen LogP contribution >= 0.6 is 22.9 Å². The van der Waals surface area contributed by atoms with E-state index in [1.165, 1.54) is 28.8 Å². The van der Waals surface area contributed by atoms with E-state index in [-0.39, 0.29) is 10.8 Å². The first-order valence-corrected chi connectivity index (χ1v) is 12.2. The molecule has 0 aliphatic carbocycles. The molecule has 5 rings (SSSR count). The minimum atomic E-state index is -3.92. The van der Waals surface area contributed by atoms with Crippen molar-refractivity contribution in [2.75, 3.05) is 24.6 Å². The first-order valence-electron chi connectivity index (χ1n) is 9.49. The maximum absolute atomic E-state index is 13.4. The number of sulfonamides is 1. The summed E-state index contributed by atoms with van der Waals surface area (Å²) in [6.07, 6.45) is 0. The second kappa shape index (κ2) is 8.12. The Morgan fingerprint density at radius 1 is 1.06 bits per heavy atom. The van der Waals surface area contributed by atoms with Crippen molar-refractivity contribution >= 4 is 38.6 Å². The summed E-state index contributed by atoms with van der Waals surface area (Å²) in [6.45, 7) is 0.869. The van der Waals surface area contributed by atoms with Crippen LogP contribution in [0.15, 0.2) is 63.3 Å². The molecule has 1 aliphatic heterocycles. The summed E-state index contributed by atoms with van der Waals surface area (Å²) >= 11 is 7.24. The number of nitrogens with zero attached hydrogens (tertiary/aromatic N) is 3. The number of rotatable bonds is 5. The molecule has 0 unspecified atom stereocenters. The van der Waals surface area contributed by atoms with Crippen LogP contribution in [0.4, 0.5) is 5.69 Å². The van der Waals surface area contributed by atoms with E-state index in [2.05, 4.69) is 10.1 Å². The molecule has 11 heteroatoms. The van der Waals surface area contributed by atoms with Crippen LogP contribution in [0.3, 0.4) is 0 Å². The fraction of sp³-hybridized carbons (Fsp3) is 0.143. The topological polar surface area (TPSA) is 94.8 Å². The Labute approximate surface area is 193 Å². The number of halogens is 1. The van der Waals surface area contributed by atoms with Crippen molar-refractivity contribution in [2.24, 2.45) is 0 Å². The molecule has 32 heavy (non-hydrogen) atoms. The van der Waals surface area contributed by atoms with Gasteiger partial charge in [0, 0.05) is 23.7 Å². The monoisotopic (exact) mass is 489 g/mol. The summed E-state index contributed by atoms with van der Waals surface area (Å²) in [5.74, 6) is 1.52. The molecule has 2 aromatic heterocycles. The highest BCUT2D eigenvalue weighted by molar-refractivity contribution is 7.93. The molecule has 1 aliphatic rings. The van der Waals surface area contributed by atoms with Gasteiger partial charge in [0.25, 0.3) is 15.9 Å². The van der Waals surface area contributed by atoms with Crippen LogP contribution in [0.2, 0.25) is 5.02 Å². The Kier molecular flexibility index (Phi) is 5.28. The number of ether oxygens (including phenoxy) is 2. The van der Waals surface area contributed by atoms with E-state index in [1.807, 2.05) is 0 Å². The molecule has 0 saturated heterocycles. The van der Waals surface area contributed by atoms with Gasteiger partial charge in [-0.2, -0.15) is 4.98 Å². The Morgan fingerprint density at radius 2 is 1.88 bits per heavy atom. The molecule has 0 fully saturated rings. The lowest BCUT2D eigenvalue weighted by Gasteiger charge is -2.23. The van der Waals surface area contributed by atoms with Crippen molar-refractivity contribution < 1.29 is 22.4 Å². The lowest BCUT2D eigenvalue weighted by molar-refractivity contribution is 0.171. The molecule has 8 nitrogen and oxygen atoms in total. The number of anilines is 1. The van der Waals surface area contributed by atoms with E-state index in [0.29, 0.717) is 51.7 Å². The van der Waals surface area contributed by atoms with E-state index < -0.39 is 10.0 Å². The fourth-order valence-electron chi connectivity index (χ4n) is 3.23. The Morgan fingerprint density at radius 3 is 2.69 bits per heavy atom. The molecule has 0 saturated carbocycles. The second-order valence-electron chi connectivity index (χ2n) is 6.85. The lowest BCUT2D eigenvalue weighted by atomic mass is 10.2. The van der Waals surface area contributed by atoms with E-state index >= 15 is 0 Å². The van der Waals surface area contributed by atoms with Gasteiger partial charge in [0.15, 0.2) is 11.5 Å². The molecule has 4 aromatic rings. The van der Waals surface area contributed by atoms with Gasteiger partial charge in [-0.3, -0.25) is 4.31 Å². The number of hydrogen-bond donors (Lipinski definition) is 0. The summed E-state index contributed by atoms with van der Waals surface area (Å²) in [7, 11) is -2.44. The zero-order chi connectivity index (χ0) is 22.3. The zero-order valence-corrected chi connectivity index (χ0v) is 19.1. The van der Waals surface area contributed by atoms with Gasteiger partial charge in [0.1, 0.15) is 23.0 Å². The van der Waals surface area contributed by atoms with E-state index in [9.17, 15) is 8.42 Å². The maximum atomic E-state index is 13.4. The average molecular weight is 490 g/mol. The molecule has 0 amide bonds. The number of fused-ring (bicyclic) bond motifs is 1. The molecular weight excluding hydrogens is 474 g/mol. The number of hydrogen-bond acceptors (Lipinski definition) is 8. The Hall–Kier alpha value is -3.08. The minimum absolute atomic E-state index is 0.0705. The van der Waals surface area contributed by atoms with Crippen molar-refractivity contribution in [3.05, 3.63) is 58.9 Å². The smallest absolute Gasteiger partial charge is 0.269 e. The highest BCUT2D eigenvalue weighted by Crippen LogP contribution is 2.38. The third kappa shape index (κ3) is 3.70. The van der Waals surface area contributed by atoms with Gasteiger partial charge in [0.2, 0.25) is 5.82 Å². The van der Waals surface area contributed by atoms with Crippen molar-refractivity contribution in [1.29, 1.82) is 0 Å². The Bertz CT molecular complexity index is 1400. The molecule has 164 valence electrons. The van der Waals surface area contributed by atoms with E-state index in [1.54, 1.807) is 47.8 Å². The van der Waals surface area contributed by atoms with Crippen LogP contribution in [0.1, 0.15) is 0 Å². The summed E-state index contributed by atoms with van der Waals surface area (Å²) in [6, 6.07) is 13.5. The molecule has 3 heterocycles. The average Bonchev–Trinajstić information content (AvgIpc) is 3.48. The van der Waals surface area contributed by atoms with Crippen molar-refractivity contribution in [1.82, 2.24) is 10.1 Å². The summed E-state index contributed by atoms with van der Waals surface area (Å²) in [5, 5.41) is 6.19. The molecule has 0 spiro atoms. The van der Waals surface area contributed by atoms with Crippen molar-refractivity contribution in [2.45, 2.75) is 4.90 Å².